The Morgan fingerprint density at radius 1 is 1.25 bits per heavy atom. The molecule has 144 valence electrons. The summed E-state index contributed by atoms with van der Waals surface area (Å²) in [7, 11) is 0. The van der Waals surface area contributed by atoms with Crippen molar-refractivity contribution in [1.82, 2.24) is 15.0 Å². The Balaban J connectivity index is 1.70. The van der Waals surface area contributed by atoms with E-state index in [1.54, 1.807) is 17.9 Å². The molecule has 0 aliphatic rings. The van der Waals surface area contributed by atoms with Gasteiger partial charge in [0.1, 0.15) is 12.3 Å². The lowest BCUT2D eigenvalue weighted by Gasteiger charge is -2.23. The van der Waals surface area contributed by atoms with Crippen molar-refractivity contribution in [3.63, 3.8) is 0 Å². The van der Waals surface area contributed by atoms with Crippen molar-refractivity contribution in [1.29, 1.82) is 0 Å². The molecule has 1 aromatic heterocycles. The minimum atomic E-state index is -0.651. The number of nitrogens with zero attached hydrogens (tertiary/aromatic N) is 3. The van der Waals surface area contributed by atoms with E-state index < -0.39 is 6.10 Å². The molecular formula is C22H23N3O3. The van der Waals surface area contributed by atoms with Crippen molar-refractivity contribution < 1.29 is 14.1 Å². The first kappa shape index (κ1) is 19.4. The van der Waals surface area contributed by atoms with E-state index in [1.165, 1.54) is 0 Å². The van der Waals surface area contributed by atoms with Crippen LogP contribution in [0.25, 0.3) is 11.4 Å². The summed E-state index contributed by atoms with van der Waals surface area (Å²) < 4.78 is 11.1. The highest BCUT2D eigenvalue weighted by Crippen LogP contribution is 2.18. The van der Waals surface area contributed by atoms with E-state index in [4.69, 9.17) is 9.26 Å². The summed E-state index contributed by atoms with van der Waals surface area (Å²) in [6, 6.07) is 17.1. The molecule has 2 aromatic carbocycles. The Labute approximate surface area is 164 Å². The number of benzene rings is 2. The summed E-state index contributed by atoms with van der Waals surface area (Å²) in [5.74, 6) is 1.32. The fourth-order valence-corrected chi connectivity index (χ4v) is 2.78. The third kappa shape index (κ3) is 4.85. The summed E-state index contributed by atoms with van der Waals surface area (Å²) in [5, 5.41) is 4.03. The van der Waals surface area contributed by atoms with Crippen molar-refractivity contribution in [2.75, 3.05) is 6.54 Å². The molecule has 3 aromatic rings. The largest absolute Gasteiger partial charge is 0.481 e. The summed E-state index contributed by atoms with van der Waals surface area (Å²) in [5.41, 5.74) is 1.98. The molecule has 6 nitrogen and oxygen atoms in total. The fraction of sp³-hybridized carbons (Fsp3) is 0.227. The molecule has 6 heteroatoms. The number of amides is 1. The first-order valence-electron chi connectivity index (χ1n) is 9.08. The van der Waals surface area contributed by atoms with Crippen LogP contribution in [-0.4, -0.2) is 33.6 Å². The Hall–Kier alpha value is -3.41. The van der Waals surface area contributed by atoms with Gasteiger partial charge in [-0.05, 0) is 32.0 Å². The van der Waals surface area contributed by atoms with E-state index >= 15 is 0 Å². The van der Waals surface area contributed by atoms with Crippen LogP contribution >= 0.6 is 0 Å². The second-order valence-electron chi connectivity index (χ2n) is 6.46. The molecule has 0 fully saturated rings. The zero-order valence-electron chi connectivity index (χ0n) is 16.0. The molecule has 0 radical (unpaired) electrons. The second kappa shape index (κ2) is 8.99. The van der Waals surface area contributed by atoms with E-state index in [2.05, 4.69) is 16.7 Å². The van der Waals surface area contributed by atoms with Crippen LogP contribution in [0.1, 0.15) is 18.4 Å². The highest BCUT2D eigenvalue weighted by atomic mass is 16.5. The van der Waals surface area contributed by atoms with Gasteiger partial charge in [-0.25, -0.2) is 0 Å². The maximum absolute atomic E-state index is 12.8. The van der Waals surface area contributed by atoms with Gasteiger partial charge in [0.25, 0.3) is 5.91 Å². The van der Waals surface area contributed by atoms with Crippen LogP contribution in [0.15, 0.2) is 71.8 Å². The number of carbonyl (C=O) groups excluding carboxylic acids is 1. The summed E-state index contributed by atoms with van der Waals surface area (Å²) in [6.45, 7) is 7.99. The molecule has 0 bridgehead atoms. The van der Waals surface area contributed by atoms with Crippen LogP contribution in [-0.2, 0) is 11.3 Å². The lowest BCUT2D eigenvalue weighted by atomic mass is 10.1. The number of hydrogen-bond donors (Lipinski definition) is 0. The van der Waals surface area contributed by atoms with Gasteiger partial charge in [0.2, 0.25) is 11.7 Å². The molecule has 0 N–H and O–H groups in total. The molecule has 1 amide bonds. The molecule has 1 heterocycles. The number of rotatable bonds is 8. The average molecular weight is 377 g/mol. The fourth-order valence-electron chi connectivity index (χ4n) is 2.78. The maximum Gasteiger partial charge on any atom is 0.264 e. The van der Waals surface area contributed by atoms with Gasteiger partial charge in [0, 0.05) is 12.1 Å². The predicted molar refractivity (Wildman–Crippen MR) is 107 cm³/mol. The van der Waals surface area contributed by atoms with Gasteiger partial charge in [0.05, 0.1) is 0 Å². The number of carbonyl (C=O) groups is 1. The second-order valence-corrected chi connectivity index (χ2v) is 6.46. The molecular weight excluding hydrogens is 354 g/mol. The van der Waals surface area contributed by atoms with Crippen LogP contribution in [0, 0.1) is 6.92 Å². The van der Waals surface area contributed by atoms with Gasteiger partial charge < -0.3 is 14.2 Å². The van der Waals surface area contributed by atoms with Crippen molar-refractivity contribution in [3.8, 4) is 17.1 Å². The summed E-state index contributed by atoms with van der Waals surface area (Å²) in [4.78, 5) is 18.8. The van der Waals surface area contributed by atoms with E-state index in [-0.39, 0.29) is 12.5 Å². The minimum Gasteiger partial charge on any atom is -0.481 e. The molecule has 3 rings (SSSR count). The number of para-hydroxylation sites is 1. The third-order valence-electron chi connectivity index (χ3n) is 4.14. The first-order valence-corrected chi connectivity index (χ1v) is 9.08. The summed E-state index contributed by atoms with van der Waals surface area (Å²) >= 11 is 0. The van der Waals surface area contributed by atoms with Crippen molar-refractivity contribution in [2.24, 2.45) is 0 Å². The Kier molecular flexibility index (Phi) is 6.22. The van der Waals surface area contributed by atoms with Crippen molar-refractivity contribution >= 4 is 5.91 Å². The number of hydrogen-bond acceptors (Lipinski definition) is 5. The highest BCUT2D eigenvalue weighted by Gasteiger charge is 2.23. The maximum atomic E-state index is 12.8. The van der Waals surface area contributed by atoms with Crippen LogP contribution < -0.4 is 4.74 Å². The third-order valence-corrected chi connectivity index (χ3v) is 4.14. The molecule has 1 atom stereocenters. The molecule has 0 aliphatic carbocycles. The van der Waals surface area contributed by atoms with Gasteiger partial charge in [-0.15, -0.1) is 6.58 Å². The number of aryl methyl sites for hydroxylation is 1. The lowest BCUT2D eigenvalue weighted by Crippen LogP contribution is -2.40. The molecule has 28 heavy (non-hydrogen) atoms. The van der Waals surface area contributed by atoms with Crippen LogP contribution in [0.4, 0.5) is 0 Å². The van der Waals surface area contributed by atoms with Gasteiger partial charge in [-0.1, -0.05) is 53.2 Å². The number of ether oxygens (including phenoxy) is 1. The first-order chi connectivity index (χ1) is 13.6. The molecule has 0 aliphatic heterocycles. The Morgan fingerprint density at radius 3 is 2.75 bits per heavy atom. The van der Waals surface area contributed by atoms with Crippen molar-refractivity contribution in [3.05, 3.63) is 78.7 Å². The smallest absolute Gasteiger partial charge is 0.264 e. The molecule has 0 unspecified atom stereocenters. The van der Waals surface area contributed by atoms with Gasteiger partial charge in [-0.2, -0.15) is 4.98 Å². The monoisotopic (exact) mass is 377 g/mol. The quantitative estimate of drug-likeness (QED) is 0.555. The number of aromatic nitrogens is 2. The zero-order valence-corrected chi connectivity index (χ0v) is 16.0. The van der Waals surface area contributed by atoms with E-state index in [1.807, 2.05) is 61.5 Å². The highest BCUT2D eigenvalue weighted by molar-refractivity contribution is 5.81. The predicted octanol–water partition coefficient (Wildman–Crippen LogP) is 4.03. The summed E-state index contributed by atoms with van der Waals surface area (Å²) in [6.07, 6.45) is 1.01. The van der Waals surface area contributed by atoms with Crippen LogP contribution in [0.2, 0.25) is 0 Å². The van der Waals surface area contributed by atoms with Crippen LogP contribution in [0.3, 0.4) is 0 Å². The normalized spacial score (nSPS) is 11.6. The van der Waals surface area contributed by atoms with Crippen molar-refractivity contribution in [2.45, 2.75) is 26.5 Å². The van der Waals surface area contributed by atoms with E-state index in [0.717, 1.165) is 11.1 Å². The standard InChI is InChI=1S/C22H23N3O3/c1-4-13-25(22(26)17(3)27-19-11-6-5-7-12-19)15-20-23-21(24-28-20)18-10-8-9-16(2)14-18/h4-12,14,17H,1,13,15H2,2-3H3/t17-/m1/s1. The molecule has 0 saturated carbocycles. The lowest BCUT2D eigenvalue weighted by molar-refractivity contribution is -0.138. The van der Waals surface area contributed by atoms with E-state index in [9.17, 15) is 4.79 Å². The Bertz CT molecular complexity index is 937. The minimum absolute atomic E-state index is 0.181. The molecule has 0 saturated heterocycles. The van der Waals surface area contributed by atoms with Gasteiger partial charge >= 0.3 is 0 Å². The van der Waals surface area contributed by atoms with Crippen LogP contribution in [0.5, 0.6) is 5.75 Å². The Morgan fingerprint density at radius 2 is 2.04 bits per heavy atom. The SMILES string of the molecule is C=CCN(Cc1nc(-c2cccc(C)c2)no1)C(=O)[C@@H](C)Oc1ccccc1. The average Bonchev–Trinajstić information content (AvgIpc) is 3.16. The topological polar surface area (TPSA) is 68.5 Å². The van der Waals surface area contributed by atoms with Gasteiger partial charge in [0.15, 0.2) is 6.10 Å². The van der Waals surface area contributed by atoms with E-state index in [0.29, 0.717) is 24.0 Å². The van der Waals surface area contributed by atoms with Gasteiger partial charge in [-0.3, -0.25) is 4.79 Å². The zero-order chi connectivity index (χ0) is 19.9. The molecule has 0 spiro atoms.